The van der Waals surface area contributed by atoms with E-state index in [1.807, 2.05) is 25.4 Å². The maximum atomic E-state index is 6.01. The topological polar surface area (TPSA) is 55.9 Å². The SMILES string of the molecule is Cn1ccc(Nc2ccc(N)cc2Cl)n1. The second-order valence-corrected chi connectivity index (χ2v) is 3.65. The Labute approximate surface area is 92.7 Å². The normalized spacial score (nSPS) is 10.3. The smallest absolute Gasteiger partial charge is 0.152 e. The van der Waals surface area contributed by atoms with E-state index >= 15 is 0 Å². The van der Waals surface area contributed by atoms with Crippen molar-refractivity contribution in [3.8, 4) is 0 Å². The number of nitrogens with zero attached hydrogens (tertiary/aromatic N) is 2. The Balaban J connectivity index is 2.24. The highest BCUT2D eigenvalue weighted by Gasteiger charge is 2.02. The Morgan fingerprint density at radius 3 is 2.80 bits per heavy atom. The molecule has 0 atom stereocenters. The number of aromatic nitrogens is 2. The number of rotatable bonds is 2. The van der Waals surface area contributed by atoms with Crippen LogP contribution in [0.2, 0.25) is 5.02 Å². The zero-order chi connectivity index (χ0) is 10.8. The quantitative estimate of drug-likeness (QED) is 0.768. The molecule has 2 rings (SSSR count). The van der Waals surface area contributed by atoms with Crippen LogP contribution in [0.3, 0.4) is 0 Å². The first-order chi connectivity index (χ1) is 7.15. The molecule has 0 saturated heterocycles. The number of benzene rings is 1. The van der Waals surface area contributed by atoms with Crippen LogP contribution in [0.5, 0.6) is 0 Å². The average Bonchev–Trinajstić information content (AvgIpc) is 2.56. The summed E-state index contributed by atoms with van der Waals surface area (Å²) in [4.78, 5) is 0. The van der Waals surface area contributed by atoms with Crippen molar-refractivity contribution in [1.82, 2.24) is 9.78 Å². The van der Waals surface area contributed by atoms with Crippen LogP contribution in [-0.4, -0.2) is 9.78 Å². The molecule has 0 bridgehead atoms. The van der Waals surface area contributed by atoms with E-state index in [2.05, 4.69) is 10.4 Å². The van der Waals surface area contributed by atoms with Crippen molar-refractivity contribution in [2.45, 2.75) is 0 Å². The largest absolute Gasteiger partial charge is 0.399 e. The van der Waals surface area contributed by atoms with E-state index in [0.29, 0.717) is 10.7 Å². The first-order valence-electron chi connectivity index (χ1n) is 4.47. The van der Waals surface area contributed by atoms with Gasteiger partial charge in [-0.2, -0.15) is 5.10 Å². The second kappa shape index (κ2) is 3.82. The van der Waals surface area contributed by atoms with Crippen LogP contribution in [0.1, 0.15) is 0 Å². The Hall–Kier alpha value is -1.68. The molecule has 0 fully saturated rings. The van der Waals surface area contributed by atoms with Gasteiger partial charge in [0, 0.05) is 25.0 Å². The van der Waals surface area contributed by atoms with E-state index in [1.165, 1.54) is 0 Å². The van der Waals surface area contributed by atoms with Gasteiger partial charge < -0.3 is 11.1 Å². The van der Waals surface area contributed by atoms with E-state index in [0.717, 1.165) is 11.5 Å². The number of hydrogen-bond acceptors (Lipinski definition) is 3. The molecule has 5 heteroatoms. The minimum atomic E-state index is 0.584. The molecule has 4 nitrogen and oxygen atoms in total. The molecule has 0 aliphatic heterocycles. The van der Waals surface area contributed by atoms with Crippen molar-refractivity contribution in [2.75, 3.05) is 11.1 Å². The molecule has 1 heterocycles. The molecule has 1 aromatic carbocycles. The van der Waals surface area contributed by atoms with Crippen LogP contribution in [0, 0.1) is 0 Å². The van der Waals surface area contributed by atoms with Gasteiger partial charge in [-0.25, -0.2) is 0 Å². The lowest BCUT2D eigenvalue weighted by molar-refractivity contribution is 0.771. The van der Waals surface area contributed by atoms with Gasteiger partial charge in [0.15, 0.2) is 5.82 Å². The number of anilines is 3. The minimum absolute atomic E-state index is 0.584. The molecule has 78 valence electrons. The van der Waals surface area contributed by atoms with Crippen molar-refractivity contribution < 1.29 is 0 Å². The number of halogens is 1. The summed E-state index contributed by atoms with van der Waals surface area (Å²) in [6.07, 6.45) is 1.85. The van der Waals surface area contributed by atoms with Gasteiger partial charge in [0.25, 0.3) is 0 Å². The summed E-state index contributed by atoms with van der Waals surface area (Å²) in [6, 6.07) is 7.18. The zero-order valence-corrected chi connectivity index (χ0v) is 8.99. The molecule has 0 radical (unpaired) electrons. The van der Waals surface area contributed by atoms with Crippen molar-refractivity contribution in [3.63, 3.8) is 0 Å². The Kier molecular flexibility index (Phi) is 2.51. The predicted molar refractivity (Wildman–Crippen MR) is 62.4 cm³/mol. The third-order valence-electron chi connectivity index (χ3n) is 1.97. The maximum Gasteiger partial charge on any atom is 0.152 e. The van der Waals surface area contributed by atoms with Crippen LogP contribution in [0.4, 0.5) is 17.2 Å². The third-order valence-corrected chi connectivity index (χ3v) is 2.28. The molecule has 3 N–H and O–H groups in total. The molecule has 15 heavy (non-hydrogen) atoms. The van der Waals surface area contributed by atoms with Gasteiger partial charge in [0.05, 0.1) is 10.7 Å². The number of nitrogens with two attached hydrogens (primary N) is 1. The second-order valence-electron chi connectivity index (χ2n) is 3.24. The predicted octanol–water partition coefficient (Wildman–Crippen LogP) is 2.40. The molecule has 2 aromatic rings. The highest BCUT2D eigenvalue weighted by Crippen LogP contribution is 2.26. The Morgan fingerprint density at radius 2 is 2.20 bits per heavy atom. The van der Waals surface area contributed by atoms with Gasteiger partial charge in [0.2, 0.25) is 0 Å². The zero-order valence-electron chi connectivity index (χ0n) is 8.24. The lowest BCUT2D eigenvalue weighted by atomic mass is 10.3. The fourth-order valence-corrected chi connectivity index (χ4v) is 1.49. The van der Waals surface area contributed by atoms with Crippen LogP contribution >= 0.6 is 11.6 Å². The molecule has 0 amide bonds. The van der Waals surface area contributed by atoms with Crippen LogP contribution in [-0.2, 0) is 7.05 Å². The van der Waals surface area contributed by atoms with E-state index in [9.17, 15) is 0 Å². The lowest BCUT2D eigenvalue weighted by Crippen LogP contribution is -1.95. The number of hydrogen-bond donors (Lipinski definition) is 2. The van der Waals surface area contributed by atoms with Crippen molar-refractivity contribution in [3.05, 3.63) is 35.5 Å². The van der Waals surface area contributed by atoms with E-state index in [4.69, 9.17) is 17.3 Å². The number of nitrogen functional groups attached to an aromatic ring is 1. The maximum absolute atomic E-state index is 6.01. The van der Waals surface area contributed by atoms with Gasteiger partial charge in [-0.05, 0) is 18.2 Å². The van der Waals surface area contributed by atoms with Gasteiger partial charge in [-0.1, -0.05) is 11.6 Å². The van der Waals surface area contributed by atoms with Crippen LogP contribution in [0.25, 0.3) is 0 Å². The highest BCUT2D eigenvalue weighted by molar-refractivity contribution is 6.33. The monoisotopic (exact) mass is 222 g/mol. The summed E-state index contributed by atoms with van der Waals surface area (Å²) in [5.41, 5.74) is 7.03. The van der Waals surface area contributed by atoms with Crippen LogP contribution in [0.15, 0.2) is 30.5 Å². The number of aryl methyl sites for hydroxylation is 1. The summed E-state index contributed by atoms with van der Waals surface area (Å²) in [5, 5.41) is 7.87. The molecule has 0 unspecified atom stereocenters. The Bertz CT molecular complexity index is 478. The fourth-order valence-electron chi connectivity index (χ4n) is 1.25. The van der Waals surface area contributed by atoms with Crippen molar-refractivity contribution >= 4 is 28.8 Å². The highest BCUT2D eigenvalue weighted by atomic mass is 35.5. The van der Waals surface area contributed by atoms with Crippen molar-refractivity contribution in [2.24, 2.45) is 7.05 Å². The minimum Gasteiger partial charge on any atom is -0.399 e. The van der Waals surface area contributed by atoms with Crippen molar-refractivity contribution in [1.29, 1.82) is 0 Å². The fraction of sp³-hybridized carbons (Fsp3) is 0.100. The standard InChI is InChI=1S/C10H11ClN4/c1-15-5-4-10(14-15)13-9-3-2-7(12)6-8(9)11/h2-6H,12H2,1H3,(H,13,14). The van der Waals surface area contributed by atoms with Gasteiger partial charge in [-0.3, -0.25) is 4.68 Å². The summed E-state index contributed by atoms with van der Waals surface area (Å²) in [5.74, 6) is 0.754. The molecule has 0 aliphatic carbocycles. The van der Waals surface area contributed by atoms with E-state index < -0.39 is 0 Å². The van der Waals surface area contributed by atoms with E-state index in [1.54, 1.807) is 16.8 Å². The Morgan fingerprint density at radius 1 is 1.40 bits per heavy atom. The van der Waals surface area contributed by atoms with Gasteiger partial charge in [0.1, 0.15) is 0 Å². The molecule has 0 spiro atoms. The molecule has 1 aromatic heterocycles. The summed E-state index contributed by atoms with van der Waals surface area (Å²) in [7, 11) is 1.86. The first kappa shape index (κ1) is 9.86. The summed E-state index contributed by atoms with van der Waals surface area (Å²) in [6.45, 7) is 0. The summed E-state index contributed by atoms with van der Waals surface area (Å²) >= 11 is 6.01. The van der Waals surface area contributed by atoms with Crippen LogP contribution < -0.4 is 11.1 Å². The van der Waals surface area contributed by atoms with Gasteiger partial charge >= 0.3 is 0 Å². The molecular weight excluding hydrogens is 212 g/mol. The average molecular weight is 223 g/mol. The lowest BCUT2D eigenvalue weighted by Gasteiger charge is -2.05. The molecular formula is C10H11ClN4. The van der Waals surface area contributed by atoms with Gasteiger partial charge in [-0.15, -0.1) is 0 Å². The van der Waals surface area contributed by atoms with E-state index in [-0.39, 0.29) is 0 Å². The third kappa shape index (κ3) is 2.22. The molecule has 0 saturated carbocycles. The summed E-state index contributed by atoms with van der Waals surface area (Å²) < 4.78 is 1.72. The molecule has 0 aliphatic rings. The first-order valence-corrected chi connectivity index (χ1v) is 4.84. The number of nitrogens with one attached hydrogen (secondary N) is 1.